The third-order valence-electron chi connectivity index (χ3n) is 2.86. The van der Waals surface area contributed by atoms with Crippen molar-refractivity contribution in [2.75, 3.05) is 0 Å². The molecule has 0 aliphatic rings. The Morgan fingerprint density at radius 1 is 1.39 bits per heavy atom. The van der Waals surface area contributed by atoms with E-state index < -0.39 is 0 Å². The highest BCUT2D eigenvalue weighted by atomic mass is 32.1. The van der Waals surface area contributed by atoms with Crippen molar-refractivity contribution in [3.05, 3.63) is 45.7 Å². The van der Waals surface area contributed by atoms with Crippen molar-refractivity contribution in [3.63, 3.8) is 0 Å². The number of aromatic nitrogens is 2. The van der Waals surface area contributed by atoms with Gasteiger partial charge in [0.05, 0.1) is 0 Å². The molecule has 0 amide bonds. The summed E-state index contributed by atoms with van der Waals surface area (Å²) in [5.41, 5.74) is 8.06. The second-order valence-electron chi connectivity index (χ2n) is 4.55. The monoisotopic (exact) mass is 261 g/mol. The zero-order valence-electron chi connectivity index (χ0n) is 10.9. The van der Waals surface area contributed by atoms with Gasteiger partial charge in [0.2, 0.25) is 0 Å². The van der Waals surface area contributed by atoms with Crippen LogP contribution in [0.3, 0.4) is 0 Å². The van der Waals surface area contributed by atoms with Gasteiger partial charge in [-0.25, -0.2) is 9.97 Å². The average molecular weight is 261 g/mol. The van der Waals surface area contributed by atoms with Gasteiger partial charge in [-0.2, -0.15) is 0 Å². The Bertz CT molecular complexity index is 494. The summed E-state index contributed by atoms with van der Waals surface area (Å²) in [5, 5.41) is 2.08. The minimum absolute atomic E-state index is 0.189. The lowest BCUT2D eigenvalue weighted by molar-refractivity contribution is 0.632. The lowest BCUT2D eigenvalue weighted by Gasteiger charge is -2.09. The van der Waals surface area contributed by atoms with Crippen LogP contribution in [0.5, 0.6) is 0 Å². The topological polar surface area (TPSA) is 51.8 Å². The van der Waals surface area contributed by atoms with Crippen LogP contribution in [0.1, 0.15) is 35.4 Å². The zero-order chi connectivity index (χ0) is 13.0. The molecule has 4 heteroatoms. The van der Waals surface area contributed by atoms with Gasteiger partial charge in [0.1, 0.15) is 5.82 Å². The van der Waals surface area contributed by atoms with E-state index in [1.54, 1.807) is 11.3 Å². The van der Waals surface area contributed by atoms with Gasteiger partial charge in [0.25, 0.3) is 0 Å². The van der Waals surface area contributed by atoms with Crippen LogP contribution in [0, 0.1) is 6.92 Å². The van der Waals surface area contributed by atoms with Crippen molar-refractivity contribution in [3.8, 4) is 0 Å². The summed E-state index contributed by atoms with van der Waals surface area (Å²) in [6, 6.07) is 6.40. The first-order chi connectivity index (χ1) is 8.67. The summed E-state index contributed by atoms with van der Waals surface area (Å²) in [7, 11) is 0. The van der Waals surface area contributed by atoms with Gasteiger partial charge in [0, 0.05) is 35.1 Å². The van der Waals surface area contributed by atoms with Gasteiger partial charge >= 0.3 is 0 Å². The van der Waals surface area contributed by atoms with Crippen LogP contribution in [0.25, 0.3) is 0 Å². The fourth-order valence-electron chi connectivity index (χ4n) is 1.87. The molecule has 0 saturated carbocycles. The fourth-order valence-corrected chi connectivity index (χ4v) is 2.57. The van der Waals surface area contributed by atoms with Gasteiger partial charge in [-0.1, -0.05) is 13.0 Å². The zero-order valence-corrected chi connectivity index (χ0v) is 11.7. The molecule has 2 rings (SSSR count). The molecule has 0 saturated heterocycles. The van der Waals surface area contributed by atoms with Crippen LogP contribution in [-0.2, 0) is 12.8 Å². The third kappa shape index (κ3) is 3.62. The molecule has 2 N–H and O–H groups in total. The lowest BCUT2D eigenvalue weighted by Crippen LogP contribution is -2.22. The summed E-state index contributed by atoms with van der Waals surface area (Å²) >= 11 is 1.74. The number of thiophene rings is 1. The highest BCUT2D eigenvalue weighted by molar-refractivity contribution is 7.09. The summed E-state index contributed by atoms with van der Waals surface area (Å²) in [6.07, 6.45) is 2.62. The molecule has 0 fully saturated rings. The first-order valence-corrected chi connectivity index (χ1v) is 7.16. The Hall–Kier alpha value is -1.26. The summed E-state index contributed by atoms with van der Waals surface area (Å²) in [4.78, 5) is 10.4. The Kier molecular flexibility index (Phi) is 4.44. The van der Waals surface area contributed by atoms with Gasteiger partial charge in [0.15, 0.2) is 0 Å². The number of hydrogen-bond donors (Lipinski definition) is 1. The molecule has 0 bridgehead atoms. The highest BCUT2D eigenvalue weighted by Crippen LogP contribution is 2.13. The number of nitrogens with zero attached hydrogens (tertiary/aromatic N) is 2. The Balaban J connectivity index is 2.15. The van der Waals surface area contributed by atoms with Crippen molar-refractivity contribution in [2.24, 2.45) is 5.73 Å². The SMILES string of the molecule is CCC(N)Cc1cc(C)nc(Cc2cccs2)n1. The molecule has 0 aromatic carbocycles. The van der Waals surface area contributed by atoms with E-state index >= 15 is 0 Å². The smallest absolute Gasteiger partial charge is 0.134 e. The third-order valence-corrected chi connectivity index (χ3v) is 3.74. The fraction of sp³-hybridized carbons (Fsp3) is 0.429. The van der Waals surface area contributed by atoms with Gasteiger partial charge < -0.3 is 5.73 Å². The van der Waals surface area contributed by atoms with E-state index in [2.05, 4.69) is 34.4 Å². The molecular weight excluding hydrogens is 242 g/mol. The minimum atomic E-state index is 0.189. The normalized spacial score (nSPS) is 12.6. The molecular formula is C14H19N3S. The Morgan fingerprint density at radius 3 is 2.89 bits per heavy atom. The average Bonchev–Trinajstić information content (AvgIpc) is 2.80. The van der Waals surface area contributed by atoms with Gasteiger partial charge in [-0.3, -0.25) is 0 Å². The molecule has 3 nitrogen and oxygen atoms in total. The Morgan fingerprint density at radius 2 is 2.22 bits per heavy atom. The lowest BCUT2D eigenvalue weighted by atomic mass is 10.1. The summed E-state index contributed by atoms with van der Waals surface area (Å²) in [6.45, 7) is 4.12. The molecule has 2 aromatic rings. The van der Waals surface area contributed by atoms with E-state index in [-0.39, 0.29) is 6.04 Å². The van der Waals surface area contributed by atoms with E-state index in [9.17, 15) is 0 Å². The van der Waals surface area contributed by atoms with Crippen molar-refractivity contribution < 1.29 is 0 Å². The van der Waals surface area contributed by atoms with Crippen molar-refractivity contribution >= 4 is 11.3 Å². The molecule has 2 aromatic heterocycles. The van der Waals surface area contributed by atoms with E-state index in [1.807, 2.05) is 13.0 Å². The van der Waals surface area contributed by atoms with E-state index in [1.165, 1.54) is 4.88 Å². The maximum absolute atomic E-state index is 5.98. The highest BCUT2D eigenvalue weighted by Gasteiger charge is 2.07. The predicted molar refractivity (Wildman–Crippen MR) is 75.9 cm³/mol. The quantitative estimate of drug-likeness (QED) is 0.900. The first kappa shape index (κ1) is 13.2. The maximum Gasteiger partial charge on any atom is 0.134 e. The molecule has 1 atom stereocenters. The standard InChI is InChI=1S/C14H19N3S/c1-3-11(15)8-12-7-10(2)16-14(17-12)9-13-5-4-6-18-13/h4-7,11H,3,8-9,15H2,1-2H3. The molecule has 96 valence electrons. The number of nitrogens with two attached hydrogens (primary N) is 1. The van der Waals surface area contributed by atoms with Gasteiger partial charge in [-0.15, -0.1) is 11.3 Å². The number of hydrogen-bond acceptors (Lipinski definition) is 4. The maximum atomic E-state index is 5.98. The largest absolute Gasteiger partial charge is 0.327 e. The first-order valence-electron chi connectivity index (χ1n) is 6.28. The molecule has 2 heterocycles. The summed E-state index contributed by atoms with van der Waals surface area (Å²) < 4.78 is 0. The molecule has 0 radical (unpaired) electrons. The van der Waals surface area contributed by atoms with E-state index in [0.717, 1.165) is 36.5 Å². The van der Waals surface area contributed by atoms with Gasteiger partial charge in [-0.05, 0) is 30.9 Å². The summed E-state index contributed by atoms with van der Waals surface area (Å²) in [5.74, 6) is 0.899. The van der Waals surface area contributed by atoms with Crippen molar-refractivity contribution in [2.45, 2.75) is 39.2 Å². The predicted octanol–water partition coefficient (Wildman–Crippen LogP) is 2.72. The number of aryl methyl sites for hydroxylation is 1. The van der Waals surface area contributed by atoms with E-state index in [4.69, 9.17) is 5.73 Å². The molecule has 0 aliphatic heterocycles. The number of rotatable bonds is 5. The molecule has 18 heavy (non-hydrogen) atoms. The van der Waals surface area contributed by atoms with Crippen LogP contribution in [0.2, 0.25) is 0 Å². The molecule has 0 spiro atoms. The van der Waals surface area contributed by atoms with Crippen LogP contribution >= 0.6 is 11.3 Å². The van der Waals surface area contributed by atoms with E-state index in [0.29, 0.717) is 0 Å². The van der Waals surface area contributed by atoms with Crippen molar-refractivity contribution in [1.82, 2.24) is 9.97 Å². The minimum Gasteiger partial charge on any atom is -0.327 e. The molecule has 1 unspecified atom stereocenters. The second-order valence-corrected chi connectivity index (χ2v) is 5.58. The van der Waals surface area contributed by atoms with Crippen LogP contribution in [-0.4, -0.2) is 16.0 Å². The molecule has 0 aliphatic carbocycles. The van der Waals surface area contributed by atoms with Crippen LogP contribution in [0.15, 0.2) is 23.6 Å². The van der Waals surface area contributed by atoms with Crippen molar-refractivity contribution in [1.29, 1.82) is 0 Å². The van der Waals surface area contributed by atoms with Crippen LogP contribution in [0.4, 0.5) is 0 Å². The van der Waals surface area contributed by atoms with Crippen LogP contribution < -0.4 is 5.73 Å². The second kappa shape index (κ2) is 6.07. The Labute approximate surface area is 112 Å².